The maximum absolute atomic E-state index is 5.79. The number of fused-ring (bicyclic) bond motifs is 1. The van der Waals surface area contributed by atoms with E-state index in [1.54, 1.807) is 7.11 Å². The van der Waals surface area contributed by atoms with E-state index in [9.17, 15) is 0 Å². The van der Waals surface area contributed by atoms with Crippen molar-refractivity contribution in [2.24, 2.45) is 0 Å². The molecule has 0 aliphatic rings. The number of unbranched alkanes of at least 4 members (excludes halogenated alkanes) is 3. The van der Waals surface area contributed by atoms with Crippen LogP contribution < -0.4 is 9.47 Å². The predicted molar refractivity (Wildman–Crippen MR) is 80.1 cm³/mol. The molecule has 0 N–H and O–H groups in total. The molecule has 0 atom stereocenters. The van der Waals surface area contributed by atoms with Gasteiger partial charge in [0.15, 0.2) is 0 Å². The number of methoxy groups -OCH3 is 1. The molecule has 2 rings (SSSR count). The van der Waals surface area contributed by atoms with Crippen molar-refractivity contribution >= 4 is 10.8 Å². The largest absolute Gasteiger partial charge is 0.497 e. The predicted octanol–water partition coefficient (Wildman–Crippen LogP) is 4.81. The molecule has 19 heavy (non-hydrogen) atoms. The zero-order valence-electron chi connectivity index (χ0n) is 11.8. The summed E-state index contributed by atoms with van der Waals surface area (Å²) in [7, 11) is 1.69. The molecule has 0 saturated carbocycles. The van der Waals surface area contributed by atoms with Crippen LogP contribution >= 0.6 is 0 Å². The molecule has 0 amide bonds. The third-order valence-corrected chi connectivity index (χ3v) is 3.29. The lowest BCUT2D eigenvalue weighted by molar-refractivity contribution is 0.305. The summed E-state index contributed by atoms with van der Waals surface area (Å²) in [5, 5.41) is 2.37. The van der Waals surface area contributed by atoms with E-state index in [-0.39, 0.29) is 0 Å². The summed E-state index contributed by atoms with van der Waals surface area (Å²) in [4.78, 5) is 0. The SMILES string of the molecule is CCCCCCOc1ccc2cc(OC)ccc2c1. The first-order chi connectivity index (χ1) is 9.33. The molecule has 2 aromatic carbocycles. The Morgan fingerprint density at radius 2 is 1.53 bits per heavy atom. The minimum absolute atomic E-state index is 0.807. The Balaban J connectivity index is 1.97. The molecule has 2 aromatic rings. The smallest absolute Gasteiger partial charge is 0.119 e. The summed E-state index contributed by atoms with van der Waals surface area (Å²) >= 11 is 0. The highest BCUT2D eigenvalue weighted by molar-refractivity contribution is 5.85. The molecule has 0 aliphatic carbocycles. The van der Waals surface area contributed by atoms with Crippen LogP contribution in [0.25, 0.3) is 10.8 Å². The van der Waals surface area contributed by atoms with Crippen LogP contribution in [0.1, 0.15) is 32.6 Å². The van der Waals surface area contributed by atoms with Crippen LogP contribution in [0.5, 0.6) is 11.5 Å². The molecular formula is C17H22O2. The lowest BCUT2D eigenvalue weighted by Crippen LogP contribution is -1.97. The third-order valence-electron chi connectivity index (χ3n) is 3.29. The van der Waals surface area contributed by atoms with Gasteiger partial charge in [0.05, 0.1) is 13.7 Å². The monoisotopic (exact) mass is 258 g/mol. The first-order valence-electron chi connectivity index (χ1n) is 7.04. The number of hydrogen-bond acceptors (Lipinski definition) is 2. The number of hydrogen-bond donors (Lipinski definition) is 0. The maximum atomic E-state index is 5.79. The second kappa shape index (κ2) is 7.03. The average Bonchev–Trinajstić information content (AvgIpc) is 2.46. The van der Waals surface area contributed by atoms with Gasteiger partial charge in [-0.25, -0.2) is 0 Å². The van der Waals surface area contributed by atoms with Gasteiger partial charge in [-0.1, -0.05) is 38.3 Å². The Morgan fingerprint density at radius 1 is 0.842 bits per heavy atom. The Labute approximate surface area is 115 Å². The lowest BCUT2D eigenvalue weighted by Gasteiger charge is -2.08. The van der Waals surface area contributed by atoms with Crippen molar-refractivity contribution in [1.29, 1.82) is 0 Å². The number of rotatable bonds is 7. The van der Waals surface area contributed by atoms with E-state index in [1.165, 1.54) is 30.0 Å². The molecule has 2 nitrogen and oxygen atoms in total. The third kappa shape index (κ3) is 3.88. The zero-order chi connectivity index (χ0) is 13.5. The molecule has 0 unspecified atom stereocenters. The molecule has 0 aliphatic heterocycles. The van der Waals surface area contributed by atoms with Crippen molar-refractivity contribution in [2.75, 3.05) is 13.7 Å². The van der Waals surface area contributed by atoms with Gasteiger partial charge >= 0.3 is 0 Å². The van der Waals surface area contributed by atoms with Crippen LogP contribution in [-0.2, 0) is 0 Å². The summed E-state index contributed by atoms with van der Waals surface area (Å²) in [5.74, 6) is 1.84. The quantitative estimate of drug-likeness (QED) is 0.664. The molecule has 102 valence electrons. The first kappa shape index (κ1) is 13.7. The average molecular weight is 258 g/mol. The summed E-state index contributed by atoms with van der Waals surface area (Å²) < 4.78 is 11.0. The van der Waals surface area contributed by atoms with Crippen LogP contribution in [0.3, 0.4) is 0 Å². The molecule has 0 spiro atoms. The number of ether oxygens (including phenoxy) is 2. The van der Waals surface area contributed by atoms with Crippen molar-refractivity contribution in [3.05, 3.63) is 36.4 Å². The maximum Gasteiger partial charge on any atom is 0.119 e. The van der Waals surface area contributed by atoms with Crippen molar-refractivity contribution < 1.29 is 9.47 Å². The second-order valence-electron chi connectivity index (χ2n) is 4.78. The first-order valence-corrected chi connectivity index (χ1v) is 7.04. The van der Waals surface area contributed by atoms with Gasteiger partial charge in [-0.15, -0.1) is 0 Å². The van der Waals surface area contributed by atoms with E-state index in [4.69, 9.17) is 9.47 Å². The Hall–Kier alpha value is -1.70. The molecule has 0 saturated heterocycles. The van der Waals surface area contributed by atoms with E-state index in [2.05, 4.69) is 25.1 Å². The Kier molecular flexibility index (Phi) is 5.08. The van der Waals surface area contributed by atoms with Crippen molar-refractivity contribution in [3.63, 3.8) is 0 Å². The Morgan fingerprint density at radius 3 is 2.21 bits per heavy atom. The van der Waals surface area contributed by atoms with Gasteiger partial charge in [-0.3, -0.25) is 0 Å². The molecule has 0 radical (unpaired) electrons. The van der Waals surface area contributed by atoms with Gasteiger partial charge < -0.3 is 9.47 Å². The van der Waals surface area contributed by atoms with E-state index in [0.29, 0.717) is 0 Å². The summed E-state index contributed by atoms with van der Waals surface area (Å²) in [6.07, 6.45) is 4.94. The summed E-state index contributed by atoms with van der Waals surface area (Å²) in [6, 6.07) is 12.3. The van der Waals surface area contributed by atoms with E-state index in [1.807, 2.05) is 18.2 Å². The molecule has 2 heteroatoms. The van der Waals surface area contributed by atoms with Gasteiger partial charge in [0, 0.05) is 0 Å². The van der Waals surface area contributed by atoms with Gasteiger partial charge in [0.25, 0.3) is 0 Å². The van der Waals surface area contributed by atoms with Crippen LogP contribution in [0.2, 0.25) is 0 Å². The van der Waals surface area contributed by atoms with Crippen LogP contribution in [-0.4, -0.2) is 13.7 Å². The van der Waals surface area contributed by atoms with Crippen LogP contribution in [0.4, 0.5) is 0 Å². The normalized spacial score (nSPS) is 10.6. The molecule has 0 heterocycles. The zero-order valence-corrected chi connectivity index (χ0v) is 11.8. The lowest BCUT2D eigenvalue weighted by atomic mass is 10.1. The topological polar surface area (TPSA) is 18.5 Å². The molecule has 0 fully saturated rings. The standard InChI is InChI=1S/C17H22O2/c1-3-4-5-6-11-19-17-10-8-14-12-16(18-2)9-7-15(14)13-17/h7-10,12-13H,3-6,11H2,1-2H3. The highest BCUT2D eigenvalue weighted by atomic mass is 16.5. The summed E-state index contributed by atoms with van der Waals surface area (Å²) in [5.41, 5.74) is 0. The molecule has 0 aromatic heterocycles. The van der Waals surface area contributed by atoms with Crippen molar-refractivity contribution in [3.8, 4) is 11.5 Å². The Bertz CT molecular complexity index is 520. The highest BCUT2D eigenvalue weighted by Gasteiger charge is 1.99. The van der Waals surface area contributed by atoms with E-state index < -0.39 is 0 Å². The fourth-order valence-corrected chi connectivity index (χ4v) is 2.14. The minimum atomic E-state index is 0.807. The second-order valence-corrected chi connectivity index (χ2v) is 4.78. The molecule has 0 bridgehead atoms. The van der Waals surface area contributed by atoms with Crippen LogP contribution in [0.15, 0.2) is 36.4 Å². The van der Waals surface area contributed by atoms with Gasteiger partial charge in [0.1, 0.15) is 11.5 Å². The van der Waals surface area contributed by atoms with Crippen LogP contribution in [0, 0.1) is 0 Å². The highest BCUT2D eigenvalue weighted by Crippen LogP contribution is 2.24. The van der Waals surface area contributed by atoms with Gasteiger partial charge in [0.2, 0.25) is 0 Å². The fraction of sp³-hybridized carbons (Fsp3) is 0.412. The van der Waals surface area contributed by atoms with Crippen molar-refractivity contribution in [2.45, 2.75) is 32.6 Å². The van der Waals surface area contributed by atoms with Gasteiger partial charge in [-0.05, 0) is 41.5 Å². The fourth-order valence-electron chi connectivity index (χ4n) is 2.14. The minimum Gasteiger partial charge on any atom is -0.497 e. The van der Waals surface area contributed by atoms with E-state index in [0.717, 1.165) is 24.5 Å². The van der Waals surface area contributed by atoms with E-state index >= 15 is 0 Å². The molecular weight excluding hydrogens is 236 g/mol. The van der Waals surface area contributed by atoms with Gasteiger partial charge in [-0.2, -0.15) is 0 Å². The number of benzene rings is 2. The summed E-state index contributed by atoms with van der Waals surface area (Å²) in [6.45, 7) is 3.03. The van der Waals surface area contributed by atoms with Crippen molar-refractivity contribution in [1.82, 2.24) is 0 Å².